The molecule has 2 N–H and O–H groups in total. The molecule has 0 heterocycles. The SMILES string of the molecule is CCCC(CNC(=O)OC(C)(C)C)NCc1ccc(F)cc1F. The van der Waals surface area contributed by atoms with Crippen LogP contribution in [0.1, 0.15) is 46.1 Å². The zero-order valence-corrected chi connectivity index (χ0v) is 14.2. The summed E-state index contributed by atoms with van der Waals surface area (Å²) in [4.78, 5) is 11.7. The molecule has 1 atom stereocenters. The highest BCUT2D eigenvalue weighted by molar-refractivity contribution is 5.67. The number of halogens is 2. The Balaban J connectivity index is 2.50. The van der Waals surface area contributed by atoms with Crippen LogP contribution in [0.3, 0.4) is 0 Å². The predicted molar refractivity (Wildman–Crippen MR) is 86.1 cm³/mol. The molecule has 1 unspecified atom stereocenters. The molecule has 0 fully saturated rings. The highest BCUT2D eigenvalue weighted by atomic mass is 19.1. The Kier molecular flexibility index (Phi) is 7.42. The van der Waals surface area contributed by atoms with Gasteiger partial charge in [-0.15, -0.1) is 0 Å². The zero-order chi connectivity index (χ0) is 17.5. The van der Waals surface area contributed by atoms with Crippen LogP contribution in [0.4, 0.5) is 13.6 Å². The van der Waals surface area contributed by atoms with Gasteiger partial charge in [0.1, 0.15) is 17.2 Å². The first-order valence-electron chi connectivity index (χ1n) is 7.85. The second-order valence-electron chi connectivity index (χ2n) is 6.49. The van der Waals surface area contributed by atoms with Gasteiger partial charge in [-0.1, -0.05) is 19.4 Å². The highest BCUT2D eigenvalue weighted by Gasteiger charge is 2.17. The van der Waals surface area contributed by atoms with E-state index in [0.717, 1.165) is 18.9 Å². The molecule has 1 aromatic carbocycles. The smallest absolute Gasteiger partial charge is 0.407 e. The minimum atomic E-state index is -0.594. The molecule has 0 aliphatic carbocycles. The number of hydrogen-bond acceptors (Lipinski definition) is 3. The van der Waals surface area contributed by atoms with Crippen LogP contribution in [0, 0.1) is 11.6 Å². The van der Waals surface area contributed by atoms with E-state index < -0.39 is 23.3 Å². The van der Waals surface area contributed by atoms with Crippen molar-refractivity contribution >= 4 is 6.09 Å². The molecule has 0 aliphatic rings. The van der Waals surface area contributed by atoms with Crippen molar-refractivity contribution in [2.45, 2.75) is 58.7 Å². The van der Waals surface area contributed by atoms with Crippen molar-refractivity contribution < 1.29 is 18.3 Å². The summed E-state index contributed by atoms with van der Waals surface area (Å²) in [6.45, 7) is 8.07. The van der Waals surface area contributed by atoms with Gasteiger partial charge in [0.05, 0.1) is 0 Å². The Labute approximate surface area is 136 Å². The lowest BCUT2D eigenvalue weighted by Crippen LogP contribution is -2.42. The number of carbonyl (C=O) groups is 1. The molecule has 0 aliphatic heterocycles. The summed E-state index contributed by atoms with van der Waals surface area (Å²) in [5.41, 5.74) is -0.153. The molecule has 23 heavy (non-hydrogen) atoms. The summed E-state index contributed by atoms with van der Waals surface area (Å²) in [7, 11) is 0. The molecule has 0 saturated heterocycles. The van der Waals surface area contributed by atoms with Gasteiger partial charge in [-0.25, -0.2) is 13.6 Å². The fourth-order valence-corrected chi connectivity index (χ4v) is 2.06. The zero-order valence-electron chi connectivity index (χ0n) is 14.2. The van der Waals surface area contributed by atoms with Crippen molar-refractivity contribution in [1.82, 2.24) is 10.6 Å². The van der Waals surface area contributed by atoms with E-state index in [9.17, 15) is 13.6 Å². The lowest BCUT2D eigenvalue weighted by atomic mass is 10.1. The Bertz CT molecular complexity index is 516. The van der Waals surface area contributed by atoms with E-state index >= 15 is 0 Å². The molecule has 130 valence electrons. The van der Waals surface area contributed by atoms with Gasteiger partial charge in [-0.05, 0) is 33.3 Å². The van der Waals surface area contributed by atoms with E-state index in [0.29, 0.717) is 12.1 Å². The summed E-state index contributed by atoms with van der Waals surface area (Å²) in [5, 5.41) is 5.89. The van der Waals surface area contributed by atoms with Gasteiger partial charge in [-0.3, -0.25) is 0 Å². The number of alkyl carbamates (subject to hydrolysis) is 1. The molecule has 0 spiro atoms. The van der Waals surface area contributed by atoms with Crippen LogP contribution < -0.4 is 10.6 Å². The molecule has 1 rings (SSSR count). The van der Waals surface area contributed by atoms with Gasteiger partial charge in [0.2, 0.25) is 0 Å². The Morgan fingerprint density at radius 1 is 1.30 bits per heavy atom. The van der Waals surface area contributed by atoms with Gasteiger partial charge in [0, 0.05) is 30.8 Å². The molecule has 0 saturated carbocycles. The molecule has 6 heteroatoms. The van der Waals surface area contributed by atoms with Gasteiger partial charge >= 0.3 is 6.09 Å². The first-order valence-corrected chi connectivity index (χ1v) is 7.85. The number of nitrogens with one attached hydrogen (secondary N) is 2. The number of benzene rings is 1. The lowest BCUT2D eigenvalue weighted by molar-refractivity contribution is 0.0521. The van der Waals surface area contributed by atoms with Gasteiger partial charge < -0.3 is 15.4 Å². The monoisotopic (exact) mass is 328 g/mol. The molecule has 0 aromatic heterocycles. The number of rotatable bonds is 7. The van der Waals surface area contributed by atoms with Crippen LogP contribution >= 0.6 is 0 Å². The average molecular weight is 328 g/mol. The predicted octanol–water partition coefficient (Wildman–Crippen LogP) is 3.75. The summed E-state index contributed by atoms with van der Waals surface area (Å²) >= 11 is 0. The molecule has 4 nitrogen and oxygen atoms in total. The summed E-state index contributed by atoms with van der Waals surface area (Å²) in [6, 6.07) is 3.50. The normalized spacial score (nSPS) is 12.8. The Morgan fingerprint density at radius 3 is 2.57 bits per heavy atom. The Hall–Kier alpha value is -1.69. The van der Waals surface area contributed by atoms with E-state index in [-0.39, 0.29) is 12.6 Å². The van der Waals surface area contributed by atoms with E-state index in [2.05, 4.69) is 10.6 Å². The maximum atomic E-state index is 13.6. The maximum absolute atomic E-state index is 13.6. The van der Waals surface area contributed by atoms with Crippen molar-refractivity contribution in [1.29, 1.82) is 0 Å². The van der Waals surface area contributed by atoms with Crippen LogP contribution in [0.25, 0.3) is 0 Å². The average Bonchev–Trinajstić information content (AvgIpc) is 2.41. The van der Waals surface area contributed by atoms with Gasteiger partial charge in [0.25, 0.3) is 0 Å². The van der Waals surface area contributed by atoms with Gasteiger partial charge in [-0.2, -0.15) is 0 Å². The van der Waals surface area contributed by atoms with E-state index in [4.69, 9.17) is 4.74 Å². The lowest BCUT2D eigenvalue weighted by Gasteiger charge is -2.22. The topological polar surface area (TPSA) is 50.4 Å². The first-order chi connectivity index (χ1) is 10.7. The van der Waals surface area contributed by atoms with E-state index in [1.54, 1.807) is 20.8 Å². The van der Waals surface area contributed by atoms with E-state index in [1.807, 2.05) is 6.92 Å². The van der Waals surface area contributed by atoms with Crippen LogP contribution in [0.2, 0.25) is 0 Å². The van der Waals surface area contributed by atoms with Crippen molar-refractivity contribution in [3.8, 4) is 0 Å². The molecule has 1 aromatic rings. The highest BCUT2D eigenvalue weighted by Crippen LogP contribution is 2.10. The summed E-state index contributed by atoms with van der Waals surface area (Å²) in [5.74, 6) is -1.17. The fourth-order valence-electron chi connectivity index (χ4n) is 2.06. The van der Waals surface area contributed by atoms with Crippen molar-refractivity contribution in [2.75, 3.05) is 6.54 Å². The minimum absolute atomic E-state index is 0.0167. The van der Waals surface area contributed by atoms with Gasteiger partial charge in [0.15, 0.2) is 0 Å². The van der Waals surface area contributed by atoms with Crippen LogP contribution in [0.15, 0.2) is 18.2 Å². The van der Waals surface area contributed by atoms with Crippen molar-refractivity contribution in [2.24, 2.45) is 0 Å². The number of ether oxygens (including phenoxy) is 1. The third kappa shape index (κ3) is 7.93. The van der Waals surface area contributed by atoms with Crippen LogP contribution in [-0.4, -0.2) is 24.3 Å². The first kappa shape index (κ1) is 19.4. The molecular formula is C17H26F2N2O2. The molecule has 0 radical (unpaired) electrons. The van der Waals surface area contributed by atoms with Crippen molar-refractivity contribution in [3.63, 3.8) is 0 Å². The quantitative estimate of drug-likeness (QED) is 0.801. The van der Waals surface area contributed by atoms with Crippen molar-refractivity contribution in [3.05, 3.63) is 35.4 Å². The summed E-state index contributed by atoms with van der Waals surface area (Å²) in [6.07, 6.45) is 1.26. The molecular weight excluding hydrogens is 302 g/mol. The number of amides is 1. The number of hydrogen-bond donors (Lipinski definition) is 2. The molecule has 1 amide bonds. The fraction of sp³-hybridized carbons (Fsp3) is 0.588. The van der Waals surface area contributed by atoms with Crippen LogP contribution in [0.5, 0.6) is 0 Å². The maximum Gasteiger partial charge on any atom is 0.407 e. The second kappa shape index (κ2) is 8.82. The second-order valence-corrected chi connectivity index (χ2v) is 6.49. The Morgan fingerprint density at radius 2 is 2.00 bits per heavy atom. The molecule has 0 bridgehead atoms. The standard InChI is InChI=1S/C17H26F2N2O2/c1-5-6-14(11-21-16(22)23-17(2,3)4)20-10-12-7-8-13(18)9-15(12)19/h7-9,14,20H,5-6,10-11H2,1-4H3,(H,21,22). The largest absolute Gasteiger partial charge is 0.444 e. The summed E-state index contributed by atoms with van der Waals surface area (Å²) < 4.78 is 31.7. The van der Waals surface area contributed by atoms with Crippen LogP contribution in [-0.2, 0) is 11.3 Å². The van der Waals surface area contributed by atoms with E-state index in [1.165, 1.54) is 12.1 Å². The number of carbonyl (C=O) groups excluding carboxylic acids is 1. The third-order valence-electron chi connectivity index (χ3n) is 3.13. The minimum Gasteiger partial charge on any atom is -0.444 e. The third-order valence-corrected chi connectivity index (χ3v) is 3.13.